The van der Waals surface area contributed by atoms with E-state index in [0.717, 1.165) is 5.69 Å². The van der Waals surface area contributed by atoms with Crippen LogP contribution < -0.4 is 0 Å². The number of rotatable bonds is 5. The van der Waals surface area contributed by atoms with Gasteiger partial charge >= 0.3 is 0 Å². The van der Waals surface area contributed by atoms with Crippen LogP contribution in [0.25, 0.3) is 0 Å². The smallest absolute Gasteiger partial charge is 0.0596 e. The molecule has 1 aromatic rings. The van der Waals surface area contributed by atoms with Crippen LogP contribution in [-0.4, -0.2) is 21.8 Å². The molecule has 1 heterocycles. The van der Waals surface area contributed by atoms with Gasteiger partial charge in [-0.15, -0.1) is 0 Å². The van der Waals surface area contributed by atoms with E-state index in [9.17, 15) is 0 Å². The topological polar surface area (TPSA) is 17.8 Å². The van der Waals surface area contributed by atoms with Gasteiger partial charge in [-0.3, -0.25) is 4.68 Å². The number of thioether (sulfide) groups is 1. The fourth-order valence-corrected chi connectivity index (χ4v) is 1.91. The van der Waals surface area contributed by atoms with Crippen LogP contribution in [0, 0.1) is 13.8 Å². The van der Waals surface area contributed by atoms with Crippen LogP contribution in [-0.2, 0) is 7.05 Å². The third-order valence-corrected chi connectivity index (χ3v) is 3.13. The molecule has 0 aliphatic rings. The Morgan fingerprint density at radius 1 is 1.11 bits per heavy atom. The summed E-state index contributed by atoms with van der Waals surface area (Å²) in [6.07, 6.45) is 9.03. The van der Waals surface area contributed by atoms with Crippen molar-refractivity contribution in [2.45, 2.75) is 66.7 Å². The van der Waals surface area contributed by atoms with Crippen LogP contribution in [0.4, 0.5) is 0 Å². The standard InChI is InChI=1S/C7H16S.C6H10N2.C3H8/c1-3-4-5-6-7-8-2;1-5-4-6(2)8(3)7-5;1-3-2/h3-7H2,1-2H3;4H,1-3H3;3H2,1-2H3. The summed E-state index contributed by atoms with van der Waals surface area (Å²) in [5.74, 6) is 1.35. The third kappa shape index (κ3) is 15.5. The van der Waals surface area contributed by atoms with Gasteiger partial charge in [0.05, 0.1) is 5.69 Å². The highest BCUT2D eigenvalue weighted by Crippen LogP contribution is 2.03. The van der Waals surface area contributed by atoms with Crippen molar-refractivity contribution in [2.24, 2.45) is 7.05 Å². The summed E-state index contributed by atoms with van der Waals surface area (Å²) in [7, 11) is 1.95. The van der Waals surface area contributed by atoms with Gasteiger partial charge in [0, 0.05) is 12.7 Å². The van der Waals surface area contributed by atoms with E-state index in [-0.39, 0.29) is 0 Å². The molecular formula is C16H34N2S. The van der Waals surface area contributed by atoms with E-state index in [1.54, 1.807) is 0 Å². The molecule has 0 N–H and O–H groups in total. The second kappa shape index (κ2) is 15.6. The lowest BCUT2D eigenvalue weighted by atomic mass is 10.2. The zero-order valence-corrected chi connectivity index (χ0v) is 14.9. The van der Waals surface area contributed by atoms with E-state index in [4.69, 9.17) is 0 Å². The predicted octanol–water partition coefficient (Wildman–Crippen LogP) is 5.38. The lowest BCUT2D eigenvalue weighted by Crippen LogP contribution is -1.91. The summed E-state index contributed by atoms with van der Waals surface area (Å²) in [6, 6.07) is 2.06. The van der Waals surface area contributed by atoms with Gasteiger partial charge in [0.15, 0.2) is 0 Å². The molecule has 19 heavy (non-hydrogen) atoms. The highest BCUT2D eigenvalue weighted by Gasteiger charge is 1.91. The second-order valence-electron chi connectivity index (χ2n) is 4.81. The van der Waals surface area contributed by atoms with Crippen molar-refractivity contribution in [1.29, 1.82) is 0 Å². The monoisotopic (exact) mass is 286 g/mol. The maximum atomic E-state index is 4.13. The van der Waals surface area contributed by atoms with Crippen molar-refractivity contribution in [3.05, 3.63) is 17.5 Å². The normalized spacial score (nSPS) is 9.21. The Labute approximate surface area is 125 Å². The van der Waals surface area contributed by atoms with Crippen LogP contribution >= 0.6 is 11.8 Å². The second-order valence-corrected chi connectivity index (χ2v) is 5.80. The van der Waals surface area contributed by atoms with Gasteiger partial charge in [0.2, 0.25) is 0 Å². The average molecular weight is 287 g/mol. The van der Waals surface area contributed by atoms with Crippen molar-refractivity contribution >= 4 is 11.8 Å². The molecule has 0 fully saturated rings. The molecule has 0 saturated heterocycles. The Morgan fingerprint density at radius 2 is 1.68 bits per heavy atom. The first-order valence-electron chi connectivity index (χ1n) is 7.49. The van der Waals surface area contributed by atoms with Gasteiger partial charge in [-0.2, -0.15) is 16.9 Å². The molecule has 2 nitrogen and oxygen atoms in total. The fourth-order valence-electron chi connectivity index (χ4n) is 1.41. The molecule has 0 aromatic carbocycles. The fraction of sp³-hybridized carbons (Fsp3) is 0.812. The maximum absolute atomic E-state index is 4.13. The zero-order chi connectivity index (χ0) is 15.1. The van der Waals surface area contributed by atoms with Gasteiger partial charge in [0.1, 0.15) is 0 Å². The van der Waals surface area contributed by atoms with Gasteiger partial charge < -0.3 is 0 Å². The Balaban J connectivity index is 0. The number of hydrogen-bond donors (Lipinski definition) is 0. The number of unbranched alkanes of at least 4 members (excludes halogenated alkanes) is 3. The third-order valence-electron chi connectivity index (χ3n) is 2.44. The van der Waals surface area contributed by atoms with Gasteiger partial charge in [-0.05, 0) is 38.3 Å². The quantitative estimate of drug-likeness (QED) is 0.676. The summed E-state index contributed by atoms with van der Waals surface area (Å²) in [6.45, 7) is 10.5. The van der Waals surface area contributed by atoms with Crippen molar-refractivity contribution in [1.82, 2.24) is 9.78 Å². The molecule has 0 amide bonds. The van der Waals surface area contributed by atoms with Crippen molar-refractivity contribution in [3.8, 4) is 0 Å². The first-order chi connectivity index (χ1) is 9.03. The van der Waals surface area contributed by atoms with Gasteiger partial charge in [-0.25, -0.2) is 0 Å². The molecule has 0 aliphatic carbocycles. The number of aryl methyl sites for hydroxylation is 3. The minimum atomic E-state index is 1.09. The molecule has 0 spiro atoms. The molecule has 1 aromatic heterocycles. The molecule has 1 rings (SSSR count). The molecule has 0 atom stereocenters. The van der Waals surface area contributed by atoms with Crippen LogP contribution in [0.2, 0.25) is 0 Å². The van der Waals surface area contributed by atoms with Crippen LogP contribution in [0.5, 0.6) is 0 Å². The summed E-state index contributed by atoms with van der Waals surface area (Å²) in [4.78, 5) is 0. The van der Waals surface area contributed by atoms with Gasteiger partial charge in [-0.1, -0.05) is 46.5 Å². The molecule has 0 unspecified atom stereocenters. The highest BCUT2D eigenvalue weighted by atomic mass is 32.2. The average Bonchev–Trinajstić information content (AvgIpc) is 2.64. The van der Waals surface area contributed by atoms with E-state index in [0.29, 0.717) is 0 Å². The Hall–Kier alpha value is -0.440. The van der Waals surface area contributed by atoms with E-state index in [1.807, 2.05) is 37.3 Å². The molecule has 0 radical (unpaired) electrons. The van der Waals surface area contributed by atoms with Crippen LogP contribution in [0.15, 0.2) is 6.07 Å². The molecule has 3 heteroatoms. The minimum absolute atomic E-state index is 1.09. The van der Waals surface area contributed by atoms with E-state index in [2.05, 4.69) is 38.2 Å². The molecule has 0 saturated carbocycles. The summed E-state index contributed by atoms with van der Waals surface area (Å²) >= 11 is 1.95. The lowest BCUT2D eigenvalue weighted by molar-refractivity contribution is 0.707. The number of nitrogens with zero attached hydrogens (tertiary/aromatic N) is 2. The molecule has 0 bridgehead atoms. The summed E-state index contributed by atoms with van der Waals surface area (Å²) in [5, 5.41) is 4.13. The van der Waals surface area contributed by atoms with Gasteiger partial charge in [0.25, 0.3) is 0 Å². The Morgan fingerprint density at radius 3 is 1.95 bits per heavy atom. The zero-order valence-electron chi connectivity index (χ0n) is 14.1. The Kier molecular flexibility index (Phi) is 17.2. The summed E-state index contributed by atoms with van der Waals surface area (Å²) in [5.41, 5.74) is 2.30. The highest BCUT2D eigenvalue weighted by molar-refractivity contribution is 7.98. The van der Waals surface area contributed by atoms with Crippen LogP contribution in [0.3, 0.4) is 0 Å². The van der Waals surface area contributed by atoms with Crippen LogP contribution in [0.1, 0.15) is 64.3 Å². The SMILES string of the molecule is CCC.CCCCCCSC.Cc1cc(C)n(C)n1. The first-order valence-corrected chi connectivity index (χ1v) is 8.88. The first kappa shape index (κ1) is 20.9. The number of aromatic nitrogens is 2. The van der Waals surface area contributed by atoms with E-state index >= 15 is 0 Å². The van der Waals surface area contributed by atoms with E-state index < -0.39 is 0 Å². The van der Waals surface area contributed by atoms with Crippen molar-refractivity contribution in [3.63, 3.8) is 0 Å². The molecule has 114 valence electrons. The largest absolute Gasteiger partial charge is 0.273 e. The Bertz CT molecular complexity index is 257. The molecule has 0 aliphatic heterocycles. The van der Waals surface area contributed by atoms with Crippen molar-refractivity contribution < 1.29 is 0 Å². The lowest BCUT2D eigenvalue weighted by Gasteiger charge is -1.93. The maximum Gasteiger partial charge on any atom is 0.0596 e. The van der Waals surface area contributed by atoms with Crippen molar-refractivity contribution in [2.75, 3.05) is 12.0 Å². The minimum Gasteiger partial charge on any atom is -0.273 e. The predicted molar refractivity (Wildman–Crippen MR) is 91.2 cm³/mol. The van der Waals surface area contributed by atoms with E-state index in [1.165, 1.54) is 43.6 Å². The summed E-state index contributed by atoms with van der Waals surface area (Å²) < 4.78 is 1.87. The molecular weight excluding hydrogens is 252 g/mol. The number of hydrogen-bond acceptors (Lipinski definition) is 2.